The number of fused-ring (bicyclic) bond motifs is 1. The van der Waals surface area contributed by atoms with Crippen LogP contribution in [0.5, 0.6) is 0 Å². The minimum absolute atomic E-state index is 0.00542. The van der Waals surface area contributed by atoms with Crippen LogP contribution < -0.4 is 26.6 Å². The fourth-order valence-electron chi connectivity index (χ4n) is 6.70. The monoisotopic (exact) mass is 926 g/mol. The summed E-state index contributed by atoms with van der Waals surface area (Å²) in [5, 5.41) is 15.7. The minimum atomic E-state index is -5.01. The maximum absolute atomic E-state index is 14.0. The van der Waals surface area contributed by atoms with Crippen molar-refractivity contribution in [3.63, 3.8) is 0 Å². The Bertz CT molecular complexity index is 2650. The highest BCUT2D eigenvalue weighted by atomic mass is 19.4. The maximum atomic E-state index is 14.0. The number of nitrogens with zero attached hydrogens (tertiary/aromatic N) is 5. The Hall–Kier alpha value is -7.67. The zero-order valence-corrected chi connectivity index (χ0v) is 34.0. The second-order valence-electron chi connectivity index (χ2n) is 14.4. The first-order valence-corrected chi connectivity index (χ1v) is 19.8. The highest BCUT2D eigenvalue weighted by Crippen LogP contribution is 2.35. The van der Waals surface area contributed by atoms with Gasteiger partial charge in [0.2, 0.25) is 17.7 Å². The van der Waals surface area contributed by atoms with Gasteiger partial charge < -0.3 is 35.2 Å². The van der Waals surface area contributed by atoms with Gasteiger partial charge in [0.15, 0.2) is 11.4 Å². The van der Waals surface area contributed by atoms with E-state index in [1.807, 2.05) is 0 Å². The topological polar surface area (TPSA) is 241 Å². The van der Waals surface area contributed by atoms with Crippen molar-refractivity contribution < 1.29 is 69.0 Å². The third-order valence-corrected chi connectivity index (χ3v) is 9.77. The lowest BCUT2D eigenvalue weighted by Gasteiger charge is -2.27. The van der Waals surface area contributed by atoms with Gasteiger partial charge in [0.1, 0.15) is 24.7 Å². The molecular formula is C41H36F6N10O9. The average Bonchev–Trinajstić information content (AvgIpc) is 4.01. The highest BCUT2D eigenvalue weighted by molar-refractivity contribution is 6.25. The minimum Gasteiger partial charge on any atom is -0.444 e. The zero-order chi connectivity index (χ0) is 47.2. The lowest BCUT2D eigenvalue weighted by molar-refractivity contribution is -0.141. The number of amides is 6. The van der Waals surface area contributed by atoms with Crippen molar-refractivity contribution in [1.82, 2.24) is 35.3 Å². The summed E-state index contributed by atoms with van der Waals surface area (Å²) >= 11 is 0. The Morgan fingerprint density at radius 3 is 2.32 bits per heavy atom. The predicted octanol–water partition coefficient (Wildman–Crippen LogP) is 4.44. The van der Waals surface area contributed by atoms with E-state index < -0.39 is 77.5 Å². The smallest absolute Gasteiger partial charge is 0.437 e. The predicted molar refractivity (Wildman–Crippen MR) is 216 cm³/mol. The number of carbonyl (C=O) groups excluding carboxylic acids is 6. The molecule has 2 aromatic carbocycles. The molecule has 5 N–H and O–H groups in total. The molecule has 66 heavy (non-hydrogen) atoms. The van der Waals surface area contributed by atoms with Crippen molar-refractivity contribution in [1.29, 1.82) is 0 Å². The average molecular weight is 927 g/mol. The number of hydrogen-bond acceptors (Lipinski definition) is 14. The van der Waals surface area contributed by atoms with Gasteiger partial charge in [0.05, 0.1) is 55.1 Å². The number of halogens is 6. The van der Waals surface area contributed by atoms with Gasteiger partial charge in [-0.2, -0.15) is 31.4 Å². The molecule has 0 radical (unpaired) electrons. The molecule has 1 fully saturated rings. The van der Waals surface area contributed by atoms with E-state index in [0.29, 0.717) is 5.69 Å². The SMILES string of the molecule is O=C1CCC(N2C(=O)c3cccc(NCCOCCOCCNC(=O)c4ccc(-n5cc(NC(=O)c6coc(-c7ccnc(NCC(F)(F)F)c7)n6)c(C(F)(F)F)n5)cc4)c3C2=O)C(=O)N1. The molecule has 2 aliphatic heterocycles. The summed E-state index contributed by atoms with van der Waals surface area (Å²) in [5.74, 6) is -4.42. The molecule has 7 rings (SSSR count). The second kappa shape index (κ2) is 19.6. The molecule has 1 unspecified atom stereocenters. The van der Waals surface area contributed by atoms with E-state index in [-0.39, 0.29) is 92.0 Å². The fraction of sp³-hybridized carbons (Fsp3) is 0.293. The van der Waals surface area contributed by atoms with Crippen molar-refractivity contribution in [2.75, 3.05) is 62.0 Å². The largest absolute Gasteiger partial charge is 0.444 e. The highest BCUT2D eigenvalue weighted by Gasteiger charge is 2.45. The number of alkyl halides is 6. The molecule has 2 aliphatic rings. The number of nitrogens with one attached hydrogen (secondary N) is 5. The number of benzene rings is 2. The zero-order valence-electron chi connectivity index (χ0n) is 34.0. The Morgan fingerprint density at radius 2 is 1.61 bits per heavy atom. The van der Waals surface area contributed by atoms with Gasteiger partial charge in [-0.25, -0.2) is 14.6 Å². The quantitative estimate of drug-likeness (QED) is 0.0464. The number of pyridine rings is 1. The maximum Gasteiger partial charge on any atom is 0.437 e. The summed E-state index contributed by atoms with van der Waals surface area (Å²) in [6.45, 7) is -0.325. The molecule has 5 heterocycles. The van der Waals surface area contributed by atoms with Crippen LogP contribution in [0.25, 0.3) is 17.1 Å². The Labute approximate surface area is 368 Å². The number of aromatic nitrogens is 4. The van der Waals surface area contributed by atoms with Crippen LogP contribution in [-0.4, -0.2) is 118 Å². The van der Waals surface area contributed by atoms with Crippen LogP contribution in [0.15, 0.2) is 77.7 Å². The van der Waals surface area contributed by atoms with E-state index in [2.05, 4.69) is 41.7 Å². The molecular weight excluding hydrogens is 890 g/mol. The van der Waals surface area contributed by atoms with E-state index in [9.17, 15) is 55.1 Å². The summed E-state index contributed by atoms with van der Waals surface area (Å²) < 4.78 is 96.9. The van der Waals surface area contributed by atoms with Crippen LogP contribution in [0, 0.1) is 0 Å². The van der Waals surface area contributed by atoms with E-state index >= 15 is 0 Å². The number of piperidine rings is 1. The van der Waals surface area contributed by atoms with Crippen LogP contribution >= 0.6 is 0 Å². The third kappa shape index (κ3) is 11.0. The molecule has 0 spiro atoms. The Kier molecular flexibility index (Phi) is 13.8. The first-order chi connectivity index (χ1) is 31.5. The molecule has 346 valence electrons. The summed E-state index contributed by atoms with van der Waals surface area (Å²) in [7, 11) is 0. The molecule has 25 heteroatoms. The van der Waals surface area contributed by atoms with Gasteiger partial charge in [-0.05, 0) is 55.0 Å². The van der Waals surface area contributed by atoms with Gasteiger partial charge in [0.25, 0.3) is 23.6 Å². The third-order valence-electron chi connectivity index (χ3n) is 9.77. The molecule has 19 nitrogen and oxygen atoms in total. The summed E-state index contributed by atoms with van der Waals surface area (Å²) in [6.07, 6.45) is -6.54. The number of carbonyl (C=O) groups is 6. The van der Waals surface area contributed by atoms with Crippen molar-refractivity contribution >= 4 is 52.6 Å². The van der Waals surface area contributed by atoms with Crippen molar-refractivity contribution in [3.8, 4) is 17.1 Å². The van der Waals surface area contributed by atoms with Gasteiger partial charge in [-0.3, -0.25) is 39.0 Å². The number of oxazole rings is 1. The molecule has 0 saturated carbocycles. The van der Waals surface area contributed by atoms with Crippen LogP contribution in [0.1, 0.15) is 60.1 Å². The summed E-state index contributed by atoms with van der Waals surface area (Å²) in [6, 6.07) is 11.5. The Balaban J connectivity index is 0.831. The lowest BCUT2D eigenvalue weighted by Crippen LogP contribution is -2.54. The number of ether oxygens (including phenoxy) is 2. The standard InChI is InChI=1S/C41H36F6N10O9/c42-40(43,44)21-51-30-18-23(10-11-49-30)37-53-28(20-66-37)35(60)52-27-19-56(55-33(27)41(45,46)47)24-6-4-22(5-7-24)34(59)50-13-15-65-17-16-64-14-12-48-26-3-1-2-25-32(26)39(63)57(38(25)62)29-8-9-31(58)54-36(29)61/h1-7,10-11,18-20,29,48H,8-9,12-17,21H2,(H,49,51)(H,50,59)(H,52,60)(H,54,58,61). The van der Waals surface area contributed by atoms with E-state index in [1.54, 1.807) is 12.1 Å². The fourth-order valence-corrected chi connectivity index (χ4v) is 6.70. The van der Waals surface area contributed by atoms with Crippen LogP contribution in [0.4, 0.5) is 43.5 Å². The first-order valence-electron chi connectivity index (χ1n) is 19.8. The molecule has 1 saturated heterocycles. The normalized spacial score (nSPS) is 15.1. The molecule has 0 bridgehead atoms. The van der Waals surface area contributed by atoms with Crippen LogP contribution in [-0.2, 0) is 25.2 Å². The summed E-state index contributed by atoms with van der Waals surface area (Å²) in [5.41, 5.74) is -1.55. The molecule has 3 aromatic heterocycles. The van der Waals surface area contributed by atoms with Gasteiger partial charge in [0, 0.05) is 42.5 Å². The lowest BCUT2D eigenvalue weighted by atomic mass is 10.0. The molecule has 1 atom stereocenters. The van der Waals surface area contributed by atoms with Crippen LogP contribution in [0.2, 0.25) is 0 Å². The number of hydrogen-bond donors (Lipinski definition) is 5. The van der Waals surface area contributed by atoms with Gasteiger partial charge in [-0.15, -0.1) is 0 Å². The van der Waals surface area contributed by atoms with E-state index in [4.69, 9.17) is 13.9 Å². The van der Waals surface area contributed by atoms with Crippen molar-refractivity contribution in [2.24, 2.45) is 0 Å². The Morgan fingerprint density at radius 1 is 0.864 bits per heavy atom. The molecule has 5 aromatic rings. The van der Waals surface area contributed by atoms with E-state index in [1.165, 1.54) is 48.7 Å². The van der Waals surface area contributed by atoms with Crippen LogP contribution in [0.3, 0.4) is 0 Å². The number of anilines is 3. The van der Waals surface area contributed by atoms with Gasteiger partial charge >= 0.3 is 12.4 Å². The molecule has 0 aliphatic carbocycles. The van der Waals surface area contributed by atoms with Crippen molar-refractivity contribution in [3.05, 3.63) is 101 Å². The number of imide groups is 2. The summed E-state index contributed by atoms with van der Waals surface area (Å²) in [4.78, 5) is 84.4. The number of rotatable bonds is 18. The molecule has 6 amide bonds. The van der Waals surface area contributed by atoms with E-state index in [0.717, 1.165) is 22.0 Å². The van der Waals surface area contributed by atoms with Gasteiger partial charge in [-0.1, -0.05) is 6.07 Å². The second-order valence-corrected chi connectivity index (χ2v) is 14.4. The first kappa shape index (κ1) is 46.3. The van der Waals surface area contributed by atoms with Crippen molar-refractivity contribution in [2.45, 2.75) is 31.2 Å².